The molecule has 0 aromatic rings. The highest BCUT2D eigenvalue weighted by atomic mass is 16.5. The van der Waals surface area contributed by atoms with Crippen LogP contribution in [0.4, 0.5) is 0 Å². The number of ether oxygens (including phenoxy) is 1. The number of methoxy groups -OCH3 is 1. The molecule has 1 fully saturated rings. The third kappa shape index (κ3) is 3.81. The van der Waals surface area contributed by atoms with Crippen LogP contribution in [0.25, 0.3) is 0 Å². The molecule has 0 radical (unpaired) electrons. The Morgan fingerprint density at radius 2 is 2.12 bits per heavy atom. The first-order chi connectivity index (χ1) is 7.65. The molecule has 1 rings (SSSR count). The third-order valence-corrected chi connectivity index (χ3v) is 2.79. The van der Waals surface area contributed by atoms with Crippen LogP contribution >= 0.6 is 0 Å². The number of esters is 1. The van der Waals surface area contributed by atoms with E-state index in [1.165, 1.54) is 7.11 Å². The summed E-state index contributed by atoms with van der Waals surface area (Å²) in [5, 5.41) is 5.83. The molecule has 5 nitrogen and oxygen atoms in total. The van der Waals surface area contributed by atoms with Crippen molar-refractivity contribution in [3.05, 3.63) is 0 Å². The van der Waals surface area contributed by atoms with E-state index in [9.17, 15) is 9.59 Å². The minimum atomic E-state index is -0.581. The topological polar surface area (TPSA) is 67.4 Å². The summed E-state index contributed by atoms with van der Waals surface area (Å²) in [6.45, 7) is 2.49. The standard InChI is InChI=1S/C11H20N2O3/c1-8(11(15)16-2)13-10(14)9-6-4-3-5-7-12-9/h8-9,12H,3-7H2,1-2H3,(H,13,14)/t8-,9?/m0/s1. The van der Waals surface area contributed by atoms with Gasteiger partial charge in [0.15, 0.2) is 0 Å². The van der Waals surface area contributed by atoms with E-state index >= 15 is 0 Å². The van der Waals surface area contributed by atoms with Gasteiger partial charge >= 0.3 is 5.97 Å². The molecule has 16 heavy (non-hydrogen) atoms. The minimum absolute atomic E-state index is 0.111. The smallest absolute Gasteiger partial charge is 0.328 e. The molecule has 1 heterocycles. The molecule has 0 bridgehead atoms. The number of nitrogens with one attached hydrogen (secondary N) is 2. The molecule has 1 amide bonds. The highest BCUT2D eigenvalue weighted by Gasteiger charge is 2.23. The van der Waals surface area contributed by atoms with Crippen LogP contribution in [0.1, 0.15) is 32.6 Å². The summed E-state index contributed by atoms with van der Waals surface area (Å²) in [7, 11) is 1.31. The van der Waals surface area contributed by atoms with E-state index in [1.807, 2.05) is 0 Å². The first-order valence-electron chi connectivity index (χ1n) is 5.76. The number of hydrogen-bond acceptors (Lipinski definition) is 4. The van der Waals surface area contributed by atoms with Gasteiger partial charge in [0.05, 0.1) is 13.2 Å². The number of carbonyl (C=O) groups is 2. The normalized spacial score (nSPS) is 23.0. The largest absolute Gasteiger partial charge is 0.467 e. The van der Waals surface area contributed by atoms with Crippen LogP contribution in [0.15, 0.2) is 0 Å². The van der Waals surface area contributed by atoms with Crippen LogP contribution in [0, 0.1) is 0 Å². The summed E-state index contributed by atoms with van der Waals surface area (Å²) in [5.41, 5.74) is 0. The Morgan fingerprint density at radius 1 is 1.38 bits per heavy atom. The van der Waals surface area contributed by atoms with Gasteiger partial charge in [0, 0.05) is 0 Å². The summed E-state index contributed by atoms with van der Waals surface area (Å²) in [4.78, 5) is 22.9. The molecule has 2 atom stereocenters. The van der Waals surface area contributed by atoms with Gasteiger partial charge in [0.2, 0.25) is 5.91 Å². The Morgan fingerprint density at radius 3 is 2.81 bits per heavy atom. The van der Waals surface area contributed by atoms with Crippen LogP contribution in [0.3, 0.4) is 0 Å². The van der Waals surface area contributed by atoms with Crippen molar-refractivity contribution >= 4 is 11.9 Å². The molecule has 0 aliphatic carbocycles. The number of amides is 1. The van der Waals surface area contributed by atoms with Crippen molar-refractivity contribution in [3.8, 4) is 0 Å². The fourth-order valence-corrected chi connectivity index (χ4v) is 1.80. The van der Waals surface area contributed by atoms with Crippen molar-refractivity contribution in [2.45, 2.75) is 44.7 Å². The third-order valence-electron chi connectivity index (χ3n) is 2.79. The second-order valence-electron chi connectivity index (χ2n) is 4.11. The lowest BCUT2D eigenvalue weighted by Gasteiger charge is -2.18. The van der Waals surface area contributed by atoms with E-state index in [1.54, 1.807) is 6.92 Å². The van der Waals surface area contributed by atoms with Gasteiger partial charge in [-0.3, -0.25) is 4.79 Å². The van der Waals surface area contributed by atoms with Crippen molar-refractivity contribution < 1.29 is 14.3 Å². The molecule has 5 heteroatoms. The van der Waals surface area contributed by atoms with E-state index in [0.717, 1.165) is 32.2 Å². The maximum atomic E-state index is 11.8. The molecule has 1 aliphatic rings. The van der Waals surface area contributed by atoms with Crippen LogP contribution in [0.5, 0.6) is 0 Å². The van der Waals surface area contributed by atoms with Crippen molar-refractivity contribution in [2.24, 2.45) is 0 Å². The second kappa shape index (κ2) is 6.48. The van der Waals surface area contributed by atoms with Gasteiger partial charge in [-0.25, -0.2) is 4.79 Å². The Bertz CT molecular complexity index is 248. The van der Waals surface area contributed by atoms with Crippen LogP contribution in [0.2, 0.25) is 0 Å². The van der Waals surface area contributed by atoms with Crippen molar-refractivity contribution in [1.82, 2.24) is 10.6 Å². The average molecular weight is 228 g/mol. The lowest BCUT2D eigenvalue weighted by atomic mass is 10.1. The summed E-state index contributed by atoms with van der Waals surface area (Å²) >= 11 is 0. The Hall–Kier alpha value is -1.10. The zero-order chi connectivity index (χ0) is 12.0. The molecule has 1 saturated heterocycles. The number of rotatable bonds is 3. The van der Waals surface area contributed by atoms with E-state index in [0.29, 0.717) is 0 Å². The highest BCUT2D eigenvalue weighted by molar-refractivity contribution is 5.87. The first kappa shape index (κ1) is 13.0. The lowest BCUT2D eigenvalue weighted by Crippen LogP contribution is -2.49. The summed E-state index contributed by atoms with van der Waals surface area (Å²) in [5.74, 6) is -0.526. The Kier molecular flexibility index (Phi) is 5.25. The van der Waals surface area contributed by atoms with Crippen LogP contribution < -0.4 is 10.6 Å². The van der Waals surface area contributed by atoms with E-state index in [-0.39, 0.29) is 11.9 Å². The van der Waals surface area contributed by atoms with Crippen molar-refractivity contribution in [2.75, 3.05) is 13.7 Å². The maximum Gasteiger partial charge on any atom is 0.328 e. The molecular weight excluding hydrogens is 208 g/mol. The van der Waals surface area contributed by atoms with Gasteiger partial charge in [0.25, 0.3) is 0 Å². The Labute approximate surface area is 95.9 Å². The summed E-state index contributed by atoms with van der Waals surface area (Å²) in [6, 6.07) is -0.753. The Balaban J connectivity index is 2.41. The van der Waals surface area contributed by atoms with Gasteiger partial charge in [-0.1, -0.05) is 12.8 Å². The number of carbonyl (C=O) groups excluding carboxylic acids is 2. The van der Waals surface area contributed by atoms with Crippen LogP contribution in [-0.4, -0.2) is 37.6 Å². The molecule has 2 N–H and O–H groups in total. The summed E-state index contributed by atoms with van der Waals surface area (Å²) < 4.78 is 4.55. The molecule has 0 aromatic carbocycles. The van der Waals surface area contributed by atoms with Gasteiger partial charge < -0.3 is 15.4 Å². The number of hydrogen-bond donors (Lipinski definition) is 2. The molecule has 0 spiro atoms. The predicted molar refractivity (Wildman–Crippen MR) is 59.9 cm³/mol. The van der Waals surface area contributed by atoms with Gasteiger partial charge in [0.1, 0.15) is 6.04 Å². The van der Waals surface area contributed by atoms with Gasteiger partial charge in [-0.15, -0.1) is 0 Å². The summed E-state index contributed by atoms with van der Waals surface area (Å²) in [6.07, 6.45) is 4.15. The molecule has 1 aliphatic heterocycles. The van der Waals surface area contributed by atoms with Crippen molar-refractivity contribution in [3.63, 3.8) is 0 Å². The SMILES string of the molecule is COC(=O)[C@H](C)NC(=O)C1CCCCCN1. The second-order valence-corrected chi connectivity index (χ2v) is 4.11. The molecular formula is C11H20N2O3. The average Bonchev–Trinajstić information content (AvgIpc) is 2.56. The zero-order valence-electron chi connectivity index (χ0n) is 9.91. The highest BCUT2D eigenvalue weighted by Crippen LogP contribution is 2.08. The van der Waals surface area contributed by atoms with E-state index in [4.69, 9.17) is 0 Å². The fourth-order valence-electron chi connectivity index (χ4n) is 1.80. The van der Waals surface area contributed by atoms with Gasteiger partial charge in [-0.2, -0.15) is 0 Å². The van der Waals surface area contributed by atoms with Crippen molar-refractivity contribution in [1.29, 1.82) is 0 Å². The molecule has 92 valence electrons. The quantitative estimate of drug-likeness (QED) is 0.677. The lowest BCUT2D eigenvalue weighted by molar-refractivity contribution is -0.144. The van der Waals surface area contributed by atoms with Gasteiger partial charge in [-0.05, 0) is 26.3 Å². The van der Waals surface area contributed by atoms with Crippen LogP contribution in [-0.2, 0) is 14.3 Å². The monoisotopic (exact) mass is 228 g/mol. The zero-order valence-corrected chi connectivity index (χ0v) is 9.91. The molecule has 1 unspecified atom stereocenters. The minimum Gasteiger partial charge on any atom is -0.467 e. The predicted octanol–water partition coefficient (Wildman–Crippen LogP) is 0.196. The maximum absolute atomic E-state index is 11.8. The fraction of sp³-hybridized carbons (Fsp3) is 0.818. The van der Waals surface area contributed by atoms with E-state index in [2.05, 4.69) is 15.4 Å². The molecule has 0 aromatic heterocycles. The van der Waals surface area contributed by atoms with E-state index < -0.39 is 12.0 Å². The molecule has 0 saturated carbocycles. The first-order valence-corrected chi connectivity index (χ1v) is 5.76.